The Hall–Kier alpha value is -0.550. The van der Waals surface area contributed by atoms with Crippen LogP contribution in [0, 0.1) is 5.41 Å². The van der Waals surface area contributed by atoms with E-state index in [1.807, 2.05) is 6.92 Å². The number of nitrogens with zero attached hydrogens (tertiary/aromatic N) is 1. The van der Waals surface area contributed by atoms with Gasteiger partial charge in [-0.25, -0.2) is 0 Å². The second-order valence-electron chi connectivity index (χ2n) is 6.58. The van der Waals surface area contributed by atoms with Gasteiger partial charge in [-0.15, -0.1) is 0 Å². The van der Waals surface area contributed by atoms with Gasteiger partial charge in [0.25, 0.3) is 0 Å². The van der Waals surface area contributed by atoms with Crippen LogP contribution in [-0.4, -0.2) is 40.7 Å². The van der Waals surface area contributed by atoms with Crippen LogP contribution in [0.15, 0.2) is 23.8 Å². The first-order valence-electron chi connectivity index (χ1n) is 7.57. The molecule has 0 radical (unpaired) electrons. The first-order valence-corrected chi connectivity index (χ1v) is 9.27. The van der Waals surface area contributed by atoms with Crippen molar-refractivity contribution in [3.63, 3.8) is 0 Å². The lowest BCUT2D eigenvalue weighted by Crippen LogP contribution is -2.35. The zero-order valence-electron chi connectivity index (χ0n) is 14.6. The summed E-state index contributed by atoms with van der Waals surface area (Å²) in [7, 11) is 2.08. The molecule has 3 atom stereocenters. The maximum absolute atomic E-state index is 13.0. The van der Waals surface area contributed by atoms with Gasteiger partial charge in [0.2, 0.25) is 0 Å². The van der Waals surface area contributed by atoms with Crippen molar-refractivity contribution in [1.29, 1.82) is 0 Å². The molecule has 3 unspecified atom stereocenters. The lowest BCUT2D eigenvalue weighted by atomic mass is 9.81. The largest absolute Gasteiger partial charge is 0.397 e. The molecule has 0 saturated heterocycles. The van der Waals surface area contributed by atoms with Crippen molar-refractivity contribution < 1.29 is 13.2 Å². The predicted octanol–water partition coefficient (Wildman–Crippen LogP) is 5.22. The molecule has 128 valence electrons. The number of rotatable bonds is 4. The van der Waals surface area contributed by atoms with Crippen LogP contribution in [0.2, 0.25) is 0 Å². The first kappa shape index (κ1) is 19.5. The Balaban J connectivity index is 2.99. The Labute approximate surface area is 135 Å². The van der Waals surface area contributed by atoms with Crippen LogP contribution in [-0.2, 0) is 0 Å². The summed E-state index contributed by atoms with van der Waals surface area (Å²) in [4.78, 5) is 3.49. The molecule has 0 aromatic heterocycles. The van der Waals surface area contributed by atoms with Gasteiger partial charge in [-0.05, 0) is 64.8 Å². The van der Waals surface area contributed by atoms with E-state index in [4.69, 9.17) is 0 Å². The smallest absolute Gasteiger partial charge is 0.293 e. The highest BCUT2D eigenvalue weighted by molar-refractivity contribution is 8.16. The van der Waals surface area contributed by atoms with E-state index >= 15 is 0 Å². The highest BCUT2D eigenvalue weighted by Gasteiger charge is 2.49. The van der Waals surface area contributed by atoms with Crippen molar-refractivity contribution in [3.8, 4) is 0 Å². The van der Waals surface area contributed by atoms with Crippen molar-refractivity contribution in [2.45, 2.75) is 58.6 Å². The van der Waals surface area contributed by atoms with Gasteiger partial charge in [0.05, 0.1) is 5.41 Å². The molecule has 0 spiro atoms. The highest BCUT2D eigenvalue weighted by Crippen LogP contribution is 2.45. The minimum absolute atomic E-state index is 0.0119. The first-order chi connectivity index (χ1) is 9.90. The van der Waals surface area contributed by atoms with E-state index in [0.29, 0.717) is 11.4 Å². The zero-order chi connectivity index (χ0) is 17.3. The van der Waals surface area contributed by atoms with E-state index in [0.717, 1.165) is 5.57 Å². The minimum Gasteiger partial charge on any atom is -0.293 e. The van der Waals surface area contributed by atoms with Crippen LogP contribution in [0.5, 0.6) is 0 Å². The van der Waals surface area contributed by atoms with E-state index < -0.39 is 11.6 Å². The van der Waals surface area contributed by atoms with Crippen LogP contribution in [0.1, 0.15) is 41.0 Å². The third-order valence-corrected chi connectivity index (χ3v) is 7.37. The summed E-state index contributed by atoms with van der Waals surface area (Å²) in [5, 5.41) is 0.366. The van der Waals surface area contributed by atoms with E-state index in [1.165, 1.54) is 17.9 Å². The summed E-state index contributed by atoms with van der Waals surface area (Å²) in [6.07, 6.45) is 2.71. The zero-order valence-corrected chi connectivity index (χ0v) is 15.4. The minimum atomic E-state index is -4.20. The quantitative estimate of drug-likeness (QED) is 0.637. The van der Waals surface area contributed by atoms with Crippen molar-refractivity contribution in [2.24, 2.45) is 5.41 Å². The SMILES string of the molecule is C/C(C1=CCC(C)(C(F)(F)F)C=C1)=S(\C)C(C)N(C)C(C)C. The average molecular weight is 335 g/mol. The summed E-state index contributed by atoms with van der Waals surface area (Å²) in [5.74, 6) is 0. The molecule has 0 heterocycles. The number of hydrogen-bond donors (Lipinski definition) is 0. The van der Waals surface area contributed by atoms with Crippen LogP contribution < -0.4 is 0 Å². The molecule has 0 N–H and O–H groups in total. The van der Waals surface area contributed by atoms with Crippen LogP contribution in [0.25, 0.3) is 0 Å². The molecule has 0 aliphatic heterocycles. The second-order valence-corrected chi connectivity index (χ2v) is 8.99. The molecule has 1 aliphatic rings. The molecule has 1 nitrogen and oxygen atoms in total. The maximum Gasteiger partial charge on any atom is 0.397 e. The molecule has 0 amide bonds. The normalized spacial score (nSPS) is 26.2. The van der Waals surface area contributed by atoms with E-state index in [2.05, 4.69) is 39.0 Å². The van der Waals surface area contributed by atoms with Gasteiger partial charge < -0.3 is 0 Å². The number of hydrogen-bond acceptors (Lipinski definition) is 1. The second kappa shape index (κ2) is 6.91. The molecule has 0 aromatic rings. The Morgan fingerprint density at radius 3 is 2.23 bits per heavy atom. The molecular weight excluding hydrogens is 307 g/mol. The average Bonchev–Trinajstić information content (AvgIpc) is 2.43. The van der Waals surface area contributed by atoms with Gasteiger partial charge in [0.1, 0.15) is 0 Å². The van der Waals surface area contributed by atoms with Crippen LogP contribution >= 0.6 is 10.5 Å². The van der Waals surface area contributed by atoms with Gasteiger partial charge in [0.15, 0.2) is 0 Å². The molecule has 0 fully saturated rings. The molecular formula is C17H28F3NS. The lowest BCUT2D eigenvalue weighted by molar-refractivity contribution is -0.199. The molecule has 0 saturated carbocycles. The summed E-state index contributed by atoms with van der Waals surface area (Å²) in [6, 6.07) is 0.446. The number of alkyl halides is 3. The van der Waals surface area contributed by atoms with Crippen molar-refractivity contribution in [3.05, 3.63) is 23.8 Å². The fraction of sp³-hybridized carbons (Fsp3) is 0.706. The summed E-state index contributed by atoms with van der Waals surface area (Å²) in [6.45, 7) is 9.78. The fourth-order valence-electron chi connectivity index (χ4n) is 2.31. The molecule has 22 heavy (non-hydrogen) atoms. The van der Waals surface area contributed by atoms with Crippen molar-refractivity contribution >= 4 is 15.3 Å². The standard InChI is InChI=1S/C17H28F3NS/c1-12(2)21(6)14(4)22(7)13(3)15-8-10-16(5,11-9-15)17(18,19)20/h8-10,12,14H,11H2,1-7H3. The topological polar surface area (TPSA) is 3.24 Å². The maximum atomic E-state index is 13.0. The summed E-state index contributed by atoms with van der Waals surface area (Å²) in [5.41, 5.74) is -0.778. The Kier molecular flexibility index (Phi) is 6.13. The van der Waals surface area contributed by atoms with E-state index in [1.54, 1.807) is 12.2 Å². The molecule has 0 aromatic carbocycles. The van der Waals surface area contributed by atoms with Crippen LogP contribution in [0.4, 0.5) is 13.2 Å². The number of allylic oxidation sites excluding steroid dienone is 4. The van der Waals surface area contributed by atoms with Crippen LogP contribution in [0.3, 0.4) is 0 Å². The van der Waals surface area contributed by atoms with Gasteiger partial charge >= 0.3 is 6.18 Å². The van der Waals surface area contributed by atoms with Crippen molar-refractivity contribution in [2.75, 3.05) is 13.3 Å². The third kappa shape index (κ3) is 4.05. The van der Waals surface area contributed by atoms with Gasteiger partial charge in [-0.1, -0.05) is 18.2 Å². The molecule has 1 rings (SSSR count). The van der Waals surface area contributed by atoms with Gasteiger partial charge in [-0.2, -0.15) is 23.7 Å². The van der Waals surface area contributed by atoms with Gasteiger partial charge in [-0.3, -0.25) is 4.90 Å². The van der Waals surface area contributed by atoms with E-state index in [9.17, 15) is 13.2 Å². The Morgan fingerprint density at radius 1 is 1.32 bits per heavy atom. The molecule has 1 aliphatic carbocycles. The summed E-state index contributed by atoms with van der Waals surface area (Å²) >= 11 is 0. The Bertz CT molecular complexity index is 503. The monoisotopic (exact) mass is 335 g/mol. The molecule has 0 bridgehead atoms. The Morgan fingerprint density at radius 2 is 1.86 bits per heavy atom. The van der Waals surface area contributed by atoms with E-state index in [-0.39, 0.29) is 16.9 Å². The number of halogens is 3. The summed E-state index contributed by atoms with van der Waals surface area (Å²) < 4.78 is 39.1. The molecule has 5 heteroatoms. The predicted molar refractivity (Wildman–Crippen MR) is 92.6 cm³/mol. The third-order valence-electron chi connectivity index (χ3n) is 4.81. The lowest BCUT2D eigenvalue weighted by Gasteiger charge is -2.33. The highest BCUT2D eigenvalue weighted by atomic mass is 32.2. The van der Waals surface area contributed by atoms with Crippen molar-refractivity contribution in [1.82, 2.24) is 4.90 Å². The fourth-order valence-corrected chi connectivity index (χ4v) is 4.09. The van der Waals surface area contributed by atoms with Gasteiger partial charge in [0, 0.05) is 11.4 Å².